The molecule has 6 nitrogen and oxygen atoms in total. The van der Waals surface area contributed by atoms with Gasteiger partial charge in [0, 0.05) is 22.1 Å². The lowest BCUT2D eigenvalue weighted by atomic mass is 9.96. The number of rotatable bonds is 5. The summed E-state index contributed by atoms with van der Waals surface area (Å²) in [5.41, 5.74) is 6.78. The van der Waals surface area contributed by atoms with Crippen molar-refractivity contribution in [1.29, 1.82) is 0 Å². The topological polar surface area (TPSA) is 65.6 Å². The number of hydrogen-bond acceptors (Lipinski definition) is 5. The first-order chi connectivity index (χ1) is 18.2. The van der Waals surface area contributed by atoms with Crippen LogP contribution in [0, 0.1) is 20.8 Å². The maximum Gasteiger partial charge on any atom is 0.338 e. The monoisotopic (exact) mass is 545 g/mol. The standard InChI is InChI=1S/C30H28ClN3O3S/c1-6-37-29(36)26-19(4)32-30-34(27(26)21-9-11-23(31)12-10-21)28(35)25(38-30)16-22-15-18(3)33(20(22)5)24-13-7-17(2)8-14-24/h7-16,27H,6H2,1-5H3/b25-16-. The fourth-order valence-electron chi connectivity index (χ4n) is 4.92. The summed E-state index contributed by atoms with van der Waals surface area (Å²) < 4.78 is 9.68. The molecule has 2 aromatic heterocycles. The van der Waals surface area contributed by atoms with Gasteiger partial charge in [-0.2, -0.15) is 0 Å². The van der Waals surface area contributed by atoms with E-state index in [1.165, 1.54) is 16.9 Å². The predicted molar refractivity (Wildman–Crippen MR) is 152 cm³/mol. The van der Waals surface area contributed by atoms with Crippen LogP contribution in [0.2, 0.25) is 5.02 Å². The van der Waals surface area contributed by atoms with Gasteiger partial charge in [-0.3, -0.25) is 9.36 Å². The quantitative estimate of drug-likeness (QED) is 0.325. The third-order valence-corrected chi connectivity index (χ3v) is 7.99. The van der Waals surface area contributed by atoms with Crippen LogP contribution in [0.25, 0.3) is 11.8 Å². The highest BCUT2D eigenvalue weighted by molar-refractivity contribution is 7.07. The van der Waals surface area contributed by atoms with Gasteiger partial charge in [0.2, 0.25) is 0 Å². The first-order valence-electron chi connectivity index (χ1n) is 12.4. The number of halogens is 1. The van der Waals surface area contributed by atoms with E-state index in [1.807, 2.05) is 18.2 Å². The van der Waals surface area contributed by atoms with Gasteiger partial charge in [0.05, 0.1) is 28.5 Å². The van der Waals surface area contributed by atoms with E-state index in [1.54, 1.807) is 30.5 Å². The number of thiazole rings is 1. The number of aryl methyl sites for hydroxylation is 2. The molecule has 1 unspecified atom stereocenters. The number of benzene rings is 2. The fraction of sp³-hybridized carbons (Fsp3) is 0.233. The largest absolute Gasteiger partial charge is 0.463 e. The number of esters is 1. The van der Waals surface area contributed by atoms with Gasteiger partial charge >= 0.3 is 5.97 Å². The first kappa shape index (κ1) is 25.9. The lowest BCUT2D eigenvalue weighted by Crippen LogP contribution is -2.39. The van der Waals surface area contributed by atoms with E-state index in [0.717, 1.165) is 28.2 Å². The maximum absolute atomic E-state index is 13.9. The van der Waals surface area contributed by atoms with Gasteiger partial charge in [0.15, 0.2) is 4.80 Å². The van der Waals surface area contributed by atoms with Crippen molar-refractivity contribution < 1.29 is 9.53 Å². The van der Waals surface area contributed by atoms with Crippen molar-refractivity contribution in [2.24, 2.45) is 4.99 Å². The maximum atomic E-state index is 13.9. The zero-order chi connectivity index (χ0) is 27.1. The molecule has 4 aromatic rings. The molecule has 0 saturated carbocycles. The van der Waals surface area contributed by atoms with Crippen molar-refractivity contribution >= 4 is 35.0 Å². The fourth-order valence-corrected chi connectivity index (χ4v) is 6.08. The minimum atomic E-state index is -0.662. The first-order valence-corrected chi connectivity index (χ1v) is 13.6. The third kappa shape index (κ3) is 4.57. The lowest BCUT2D eigenvalue weighted by Gasteiger charge is -2.24. The molecular formula is C30H28ClN3O3S. The number of fused-ring (bicyclic) bond motifs is 1. The predicted octanol–water partition coefficient (Wildman–Crippen LogP) is 5.17. The molecule has 1 aliphatic heterocycles. The average molecular weight is 546 g/mol. The van der Waals surface area contributed by atoms with Crippen molar-refractivity contribution in [3.63, 3.8) is 0 Å². The lowest BCUT2D eigenvalue weighted by molar-refractivity contribution is -0.139. The van der Waals surface area contributed by atoms with Crippen molar-refractivity contribution in [2.75, 3.05) is 6.61 Å². The van der Waals surface area contributed by atoms with Crippen molar-refractivity contribution in [2.45, 2.75) is 40.7 Å². The number of aromatic nitrogens is 2. The van der Waals surface area contributed by atoms with Crippen molar-refractivity contribution in [1.82, 2.24) is 9.13 Å². The van der Waals surface area contributed by atoms with Crippen LogP contribution in [0.5, 0.6) is 0 Å². The minimum Gasteiger partial charge on any atom is -0.463 e. The summed E-state index contributed by atoms with van der Waals surface area (Å²) in [6, 6.07) is 17.0. The van der Waals surface area contributed by atoms with Crippen LogP contribution in [0.15, 0.2) is 75.7 Å². The summed E-state index contributed by atoms with van der Waals surface area (Å²) in [6.07, 6.45) is 1.92. The molecule has 5 rings (SSSR count). The Balaban J connectivity index is 1.68. The third-order valence-electron chi connectivity index (χ3n) is 6.75. The molecule has 194 valence electrons. The molecule has 1 aliphatic rings. The van der Waals surface area contributed by atoms with E-state index in [4.69, 9.17) is 16.3 Å². The Morgan fingerprint density at radius 1 is 1.08 bits per heavy atom. The number of hydrogen-bond donors (Lipinski definition) is 0. The summed E-state index contributed by atoms with van der Waals surface area (Å²) in [5.74, 6) is -0.482. The second kappa shape index (κ2) is 10.2. The SMILES string of the molecule is CCOC(=O)C1=C(C)N=c2s/c(=C\c3cc(C)n(-c4ccc(C)cc4)c3C)c(=O)n2C1c1ccc(Cl)cc1. The minimum absolute atomic E-state index is 0.205. The molecule has 1 atom stereocenters. The zero-order valence-electron chi connectivity index (χ0n) is 21.9. The summed E-state index contributed by atoms with van der Waals surface area (Å²) in [7, 11) is 0. The number of nitrogens with zero attached hydrogens (tertiary/aromatic N) is 3. The summed E-state index contributed by atoms with van der Waals surface area (Å²) in [5, 5.41) is 0.573. The second-order valence-electron chi connectivity index (χ2n) is 9.35. The van der Waals surface area contributed by atoms with E-state index in [-0.39, 0.29) is 12.2 Å². The van der Waals surface area contributed by atoms with Crippen LogP contribution in [0.1, 0.15) is 48.0 Å². The highest BCUT2D eigenvalue weighted by Crippen LogP contribution is 2.31. The van der Waals surface area contributed by atoms with Gasteiger partial charge < -0.3 is 9.30 Å². The van der Waals surface area contributed by atoms with Crippen LogP contribution < -0.4 is 14.9 Å². The van der Waals surface area contributed by atoms with Gasteiger partial charge in [0.25, 0.3) is 5.56 Å². The summed E-state index contributed by atoms with van der Waals surface area (Å²) >= 11 is 7.46. The van der Waals surface area contributed by atoms with Gasteiger partial charge in [-0.1, -0.05) is 52.8 Å². The Bertz CT molecular complexity index is 1760. The normalized spacial score (nSPS) is 15.4. The Hall–Kier alpha value is -3.68. The highest BCUT2D eigenvalue weighted by Gasteiger charge is 2.33. The van der Waals surface area contributed by atoms with Gasteiger partial charge in [-0.25, -0.2) is 9.79 Å². The number of carbonyl (C=O) groups excluding carboxylic acids is 1. The van der Waals surface area contributed by atoms with Gasteiger partial charge in [0.1, 0.15) is 0 Å². The molecule has 38 heavy (non-hydrogen) atoms. The highest BCUT2D eigenvalue weighted by atomic mass is 35.5. The smallest absolute Gasteiger partial charge is 0.338 e. The Morgan fingerprint density at radius 3 is 2.42 bits per heavy atom. The van der Waals surface area contributed by atoms with Gasteiger partial charge in [-0.15, -0.1) is 0 Å². The summed E-state index contributed by atoms with van der Waals surface area (Å²) in [4.78, 5) is 32.1. The van der Waals surface area contributed by atoms with Gasteiger partial charge in [-0.05, 0) is 82.2 Å². The average Bonchev–Trinajstić information content (AvgIpc) is 3.34. The molecule has 8 heteroatoms. The van der Waals surface area contributed by atoms with Crippen molar-refractivity contribution in [3.8, 4) is 5.69 Å². The zero-order valence-corrected chi connectivity index (χ0v) is 23.5. The Morgan fingerprint density at radius 2 is 1.76 bits per heavy atom. The second-order valence-corrected chi connectivity index (χ2v) is 10.8. The van der Waals surface area contributed by atoms with Crippen LogP contribution >= 0.6 is 22.9 Å². The molecule has 0 N–H and O–H groups in total. The molecule has 0 amide bonds. The molecular weight excluding hydrogens is 518 g/mol. The Kier molecular flexibility index (Phi) is 6.99. The van der Waals surface area contributed by atoms with E-state index in [2.05, 4.69) is 60.7 Å². The van der Waals surface area contributed by atoms with Crippen LogP contribution in [0.3, 0.4) is 0 Å². The van der Waals surface area contributed by atoms with Crippen LogP contribution in [-0.2, 0) is 9.53 Å². The van der Waals surface area contributed by atoms with E-state index >= 15 is 0 Å². The van der Waals surface area contributed by atoms with Crippen LogP contribution in [0.4, 0.5) is 0 Å². The Labute approximate surface area is 229 Å². The van der Waals surface area contributed by atoms with Crippen LogP contribution in [-0.4, -0.2) is 21.7 Å². The summed E-state index contributed by atoms with van der Waals surface area (Å²) in [6.45, 7) is 9.94. The number of carbonyl (C=O) groups is 1. The molecule has 0 fully saturated rings. The number of allylic oxidation sites excluding steroid dienone is 1. The molecule has 0 spiro atoms. The molecule has 0 saturated heterocycles. The van der Waals surface area contributed by atoms with E-state index < -0.39 is 12.0 Å². The molecule has 2 aromatic carbocycles. The van der Waals surface area contributed by atoms with E-state index in [9.17, 15) is 9.59 Å². The molecule has 0 aliphatic carbocycles. The van der Waals surface area contributed by atoms with E-state index in [0.29, 0.717) is 25.6 Å². The molecule has 0 radical (unpaired) electrons. The van der Waals surface area contributed by atoms with Crippen molar-refractivity contribution in [3.05, 3.63) is 119 Å². The molecule has 0 bridgehead atoms. The number of ether oxygens (including phenoxy) is 1. The molecule has 3 heterocycles.